The van der Waals surface area contributed by atoms with Crippen LogP contribution in [0.3, 0.4) is 0 Å². The van der Waals surface area contributed by atoms with Crippen LogP contribution in [0.25, 0.3) is 10.9 Å². The van der Waals surface area contributed by atoms with E-state index in [9.17, 15) is 0 Å². The van der Waals surface area contributed by atoms with Crippen molar-refractivity contribution in [3.05, 3.63) is 36.0 Å². The number of hydrogen-bond donors (Lipinski definition) is 1. The van der Waals surface area contributed by atoms with E-state index in [0.717, 1.165) is 6.54 Å². The van der Waals surface area contributed by atoms with Crippen molar-refractivity contribution in [2.45, 2.75) is 26.4 Å². The summed E-state index contributed by atoms with van der Waals surface area (Å²) >= 11 is 0. The van der Waals surface area contributed by atoms with E-state index in [4.69, 9.17) is 0 Å². The van der Waals surface area contributed by atoms with Crippen LogP contribution >= 0.6 is 0 Å². The lowest BCUT2D eigenvalue weighted by Gasteiger charge is -2.09. The monoisotopic (exact) mass is 202 g/mol. The maximum Gasteiger partial charge on any atom is 0.0482 e. The minimum atomic E-state index is 0.526. The van der Waals surface area contributed by atoms with Crippen molar-refractivity contribution in [1.29, 1.82) is 0 Å². The van der Waals surface area contributed by atoms with E-state index < -0.39 is 0 Å². The molecule has 0 bridgehead atoms. The van der Waals surface area contributed by atoms with E-state index in [-0.39, 0.29) is 0 Å². The fourth-order valence-corrected chi connectivity index (χ4v) is 1.98. The standard InChI is InChI=1S/C13H18N2/c1-10(2)15-7-6-12-8-11(9-14-3)4-5-13(12)15/h4-8,10,14H,9H2,1-3H3. The summed E-state index contributed by atoms with van der Waals surface area (Å²) in [5.41, 5.74) is 2.66. The SMILES string of the molecule is CNCc1ccc2c(ccn2C(C)C)c1. The van der Waals surface area contributed by atoms with Gasteiger partial charge in [-0.25, -0.2) is 0 Å². The van der Waals surface area contributed by atoms with Gasteiger partial charge in [0.2, 0.25) is 0 Å². The minimum absolute atomic E-state index is 0.526. The highest BCUT2D eigenvalue weighted by Crippen LogP contribution is 2.21. The Labute approximate surface area is 90.9 Å². The van der Waals surface area contributed by atoms with E-state index in [1.165, 1.54) is 16.5 Å². The van der Waals surface area contributed by atoms with Crippen molar-refractivity contribution in [1.82, 2.24) is 9.88 Å². The van der Waals surface area contributed by atoms with Crippen molar-refractivity contribution in [3.8, 4) is 0 Å². The van der Waals surface area contributed by atoms with Gasteiger partial charge >= 0.3 is 0 Å². The van der Waals surface area contributed by atoms with Gasteiger partial charge in [0, 0.05) is 24.3 Å². The Hall–Kier alpha value is -1.28. The normalized spacial score (nSPS) is 11.5. The van der Waals surface area contributed by atoms with Crippen LogP contribution in [0, 0.1) is 0 Å². The zero-order chi connectivity index (χ0) is 10.8. The van der Waals surface area contributed by atoms with Crippen LogP contribution in [-0.4, -0.2) is 11.6 Å². The molecule has 0 aliphatic rings. The number of benzene rings is 1. The van der Waals surface area contributed by atoms with Crippen molar-refractivity contribution in [2.75, 3.05) is 7.05 Å². The maximum absolute atomic E-state index is 3.17. The molecule has 0 saturated heterocycles. The molecule has 0 amide bonds. The number of aromatic nitrogens is 1. The summed E-state index contributed by atoms with van der Waals surface area (Å²) in [5, 5.41) is 4.50. The first-order valence-corrected chi connectivity index (χ1v) is 5.46. The molecule has 15 heavy (non-hydrogen) atoms. The molecule has 2 rings (SSSR count). The third-order valence-corrected chi connectivity index (χ3v) is 2.72. The van der Waals surface area contributed by atoms with Crippen molar-refractivity contribution < 1.29 is 0 Å². The van der Waals surface area contributed by atoms with E-state index in [1.54, 1.807) is 0 Å². The molecule has 2 aromatic rings. The summed E-state index contributed by atoms with van der Waals surface area (Å²) in [7, 11) is 1.98. The average molecular weight is 202 g/mol. The lowest BCUT2D eigenvalue weighted by atomic mass is 10.1. The summed E-state index contributed by atoms with van der Waals surface area (Å²) in [6.07, 6.45) is 2.17. The average Bonchev–Trinajstić information content (AvgIpc) is 2.61. The summed E-state index contributed by atoms with van der Waals surface area (Å²) in [4.78, 5) is 0. The predicted octanol–water partition coefficient (Wildman–Crippen LogP) is 2.94. The zero-order valence-electron chi connectivity index (χ0n) is 9.62. The second kappa shape index (κ2) is 4.07. The summed E-state index contributed by atoms with van der Waals surface area (Å²) in [6.45, 7) is 5.35. The van der Waals surface area contributed by atoms with Gasteiger partial charge in [0.05, 0.1) is 0 Å². The van der Waals surface area contributed by atoms with E-state index in [0.29, 0.717) is 6.04 Å². The highest BCUT2D eigenvalue weighted by atomic mass is 15.0. The molecule has 0 atom stereocenters. The highest BCUT2D eigenvalue weighted by Gasteiger charge is 2.03. The summed E-state index contributed by atoms with van der Waals surface area (Å²) < 4.78 is 2.30. The molecule has 0 radical (unpaired) electrons. The van der Waals surface area contributed by atoms with Crippen LogP contribution < -0.4 is 5.32 Å². The third-order valence-electron chi connectivity index (χ3n) is 2.72. The van der Waals surface area contributed by atoms with Crippen LogP contribution in [0.5, 0.6) is 0 Å². The molecule has 0 unspecified atom stereocenters. The Kier molecular flexibility index (Phi) is 2.78. The first kappa shape index (κ1) is 10.2. The van der Waals surface area contributed by atoms with E-state index >= 15 is 0 Å². The van der Waals surface area contributed by atoms with Gasteiger partial charge in [-0.2, -0.15) is 0 Å². The molecule has 0 spiro atoms. The van der Waals surface area contributed by atoms with Gasteiger partial charge in [-0.05, 0) is 50.0 Å². The Morgan fingerprint density at radius 3 is 2.73 bits per heavy atom. The van der Waals surface area contributed by atoms with Crippen molar-refractivity contribution >= 4 is 10.9 Å². The molecule has 0 saturated carbocycles. The van der Waals surface area contributed by atoms with Gasteiger partial charge in [-0.3, -0.25) is 0 Å². The first-order valence-electron chi connectivity index (χ1n) is 5.46. The van der Waals surface area contributed by atoms with Crippen LogP contribution in [0.2, 0.25) is 0 Å². The topological polar surface area (TPSA) is 17.0 Å². The lowest BCUT2D eigenvalue weighted by molar-refractivity contribution is 0.623. The number of nitrogens with one attached hydrogen (secondary N) is 1. The molecule has 2 nitrogen and oxygen atoms in total. The third kappa shape index (κ3) is 1.90. The Morgan fingerprint density at radius 2 is 2.07 bits per heavy atom. The van der Waals surface area contributed by atoms with Gasteiger partial charge < -0.3 is 9.88 Å². The maximum atomic E-state index is 3.17. The zero-order valence-corrected chi connectivity index (χ0v) is 9.62. The largest absolute Gasteiger partial charge is 0.345 e. The molecule has 0 fully saturated rings. The smallest absolute Gasteiger partial charge is 0.0482 e. The van der Waals surface area contributed by atoms with E-state index in [1.807, 2.05) is 7.05 Å². The molecule has 1 N–H and O–H groups in total. The number of fused-ring (bicyclic) bond motifs is 1. The van der Waals surface area contributed by atoms with Gasteiger partial charge in [-0.15, -0.1) is 0 Å². The Morgan fingerprint density at radius 1 is 1.27 bits per heavy atom. The number of nitrogens with zero attached hydrogens (tertiary/aromatic N) is 1. The number of hydrogen-bond acceptors (Lipinski definition) is 1. The second-order valence-electron chi connectivity index (χ2n) is 4.24. The molecule has 1 aromatic heterocycles. The Bertz CT molecular complexity index is 455. The van der Waals surface area contributed by atoms with Crippen LogP contribution in [0.15, 0.2) is 30.5 Å². The molecule has 2 heteroatoms. The Balaban J connectivity index is 2.47. The molecular weight excluding hydrogens is 184 g/mol. The number of rotatable bonds is 3. The molecule has 1 heterocycles. The molecular formula is C13H18N2. The van der Waals surface area contributed by atoms with Gasteiger partial charge in [0.15, 0.2) is 0 Å². The molecule has 1 aromatic carbocycles. The fraction of sp³-hybridized carbons (Fsp3) is 0.385. The second-order valence-corrected chi connectivity index (χ2v) is 4.24. The van der Waals surface area contributed by atoms with Gasteiger partial charge in [-0.1, -0.05) is 6.07 Å². The molecule has 80 valence electrons. The highest BCUT2D eigenvalue weighted by molar-refractivity contribution is 5.81. The first-order chi connectivity index (χ1) is 7.22. The summed E-state index contributed by atoms with van der Waals surface area (Å²) in [5.74, 6) is 0. The minimum Gasteiger partial charge on any atom is -0.345 e. The lowest BCUT2D eigenvalue weighted by Crippen LogP contribution is -2.04. The predicted molar refractivity (Wildman–Crippen MR) is 65.1 cm³/mol. The van der Waals surface area contributed by atoms with Gasteiger partial charge in [0.1, 0.15) is 0 Å². The summed E-state index contributed by atoms with van der Waals surface area (Å²) in [6, 6.07) is 9.37. The van der Waals surface area contributed by atoms with Gasteiger partial charge in [0.25, 0.3) is 0 Å². The van der Waals surface area contributed by atoms with Crippen LogP contribution in [-0.2, 0) is 6.54 Å². The van der Waals surface area contributed by atoms with Crippen molar-refractivity contribution in [3.63, 3.8) is 0 Å². The van der Waals surface area contributed by atoms with Crippen molar-refractivity contribution in [2.24, 2.45) is 0 Å². The van der Waals surface area contributed by atoms with E-state index in [2.05, 4.69) is 54.2 Å². The van der Waals surface area contributed by atoms with Crippen LogP contribution in [0.4, 0.5) is 0 Å². The quantitative estimate of drug-likeness (QED) is 0.809. The molecule has 0 aliphatic carbocycles. The molecule has 0 aliphatic heterocycles. The van der Waals surface area contributed by atoms with Crippen LogP contribution in [0.1, 0.15) is 25.5 Å². The fourth-order valence-electron chi connectivity index (χ4n) is 1.98.